The van der Waals surface area contributed by atoms with Crippen molar-refractivity contribution in [1.82, 2.24) is 15.0 Å². The third-order valence-corrected chi connectivity index (χ3v) is 2.46. The fourth-order valence-electron chi connectivity index (χ4n) is 1.31. The van der Waals surface area contributed by atoms with Crippen molar-refractivity contribution in [3.05, 3.63) is 35.4 Å². The van der Waals surface area contributed by atoms with Crippen molar-refractivity contribution in [2.75, 3.05) is 5.73 Å². The second-order valence-corrected chi connectivity index (χ2v) is 3.49. The van der Waals surface area contributed by atoms with Crippen LogP contribution in [0.5, 0.6) is 0 Å². The van der Waals surface area contributed by atoms with E-state index in [-0.39, 0.29) is 5.82 Å². The maximum absolute atomic E-state index is 6.03. The molecule has 2 aromatic rings. The lowest BCUT2D eigenvalue weighted by Crippen LogP contribution is -1.96. The minimum Gasteiger partial charge on any atom is -0.382 e. The van der Waals surface area contributed by atoms with Gasteiger partial charge in [-0.1, -0.05) is 11.6 Å². The van der Waals surface area contributed by atoms with E-state index in [2.05, 4.69) is 15.0 Å². The van der Waals surface area contributed by atoms with Gasteiger partial charge in [-0.2, -0.15) is 0 Å². The molecule has 0 unspecified atom stereocenters. The predicted molar refractivity (Wildman–Crippen MR) is 59.4 cm³/mol. The second-order valence-electron chi connectivity index (χ2n) is 3.11. The molecule has 0 saturated heterocycles. The van der Waals surface area contributed by atoms with Crippen molar-refractivity contribution in [2.45, 2.75) is 6.92 Å². The molecule has 0 aromatic carbocycles. The second kappa shape index (κ2) is 3.82. The molecule has 2 rings (SSSR count). The molecule has 2 heterocycles. The average molecular weight is 221 g/mol. The van der Waals surface area contributed by atoms with E-state index in [1.807, 2.05) is 13.0 Å². The Balaban J connectivity index is 2.65. The third kappa shape index (κ3) is 1.76. The van der Waals surface area contributed by atoms with Crippen molar-refractivity contribution in [2.24, 2.45) is 0 Å². The maximum Gasteiger partial charge on any atom is 0.146 e. The molecule has 0 bridgehead atoms. The zero-order valence-electron chi connectivity index (χ0n) is 8.11. The number of pyridine rings is 1. The van der Waals surface area contributed by atoms with Crippen LogP contribution in [0.4, 0.5) is 5.82 Å². The minimum atomic E-state index is 0.290. The van der Waals surface area contributed by atoms with Crippen LogP contribution in [0.1, 0.15) is 5.56 Å². The van der Waals surface area contributed by atoms with E-state index < -0.39 is 0 Å². The van der Waals surface area contributed by atoms with Crippen LogP contribution in [-0.4, -0.2) is 15.0 Å². The molecule has 0 aliphatic rings. The highest BCUT2D eigenvalue weighted by Gasteiger charge is 2.10. The lowest BCUT2D eigenvalue weighted by molar-refractivity contribution is 1.17. The Morgan fingerprint density at radius 1 is 1.33 bits per heavy atom. The van der Waals surface area contributed by atoms with E-state index in [4.69, 9.17) is 17.3 Å². The highest BCUT2D eigenvalue weighted by atomic mass is 35.5. The Labute approximate surface area is 92.2 Å². The zero-order chi connectivity index (χ0) is 10.8. The number of nitrogens with two attached hydrogens (primary N) is 1. The molecule has 0 amide bonds. The number of aromatic nitrogens is 3. The van der Waals surface area contributed by atoms with Gasteiger partial charge in [0.05, 0.1) is 5.69 Å². The Hall–Kier alpha value is -1.68. The molecule has 0 aliphatic heterocycles. The Bertz CT molecular complexity index is 499. The van der Waals surface area contributed by atoms with Crippen LogP contribution in [-0.2, 0) is 0 Å². The van der Waals surface area contributed by atoms with Crippen LogP contribution in [0.3, 0.4) is 0 Å². The van der Waals surface area contributed by atoms with E-state index in [0.29, 0.717) is 10.7 Å². The highest BCUT2D eigenvalue weighted by molar-refractivity contribution is 6.35. The van der Waals surface area contributed by atoms with E-state index in [1.54, 1.807) is 12.4 Å². The van der Waals surface area contributed by atoms with Crippen molar-refractivity contribution in [3.63, 3.8) is 0 Å². The van der Waals surface area contributed by atoms with Crippen molar-refractivity contribution >= 4 is 17.4 Å². The first-order valence-electron chi connectivity index (χ1n) is 4.37. The van der Waals surface area contributed by atoms with Gasteiger partial charge in [-0.3, -0.25) is 4.98 Å². The summed E-state index contributed by atoms with van der Waals surface area (Å²) in [6.45, 7) is 1.94. The summed E-state index contributed by atoms with van der Waals surface area (Å²) in [5, 5.41) is 0.381. The van der Waals surface area contributed by atoms with E-state index in [1.165, 1.54) is 6.33 Å². The Kier molecular flexibility index (Phi) is 2.51. The van der Waals surface area contributed by atoms with Crippen molar-refractivity contribution in [1.29, 1.82) is 0 Å². The number of anilines is 1. The molecular weight excluding hydrogens is 212 g/mol. The minimum absolute atomic E-state index is 0.290. The number of rotatable bonds is 1. The average Bonchev–Trinajstić information content (AvgIpc) is 2.23. The molecule has 0 radical (unpaired) electrons. The molecule has 0 spiro atoms. The summed E-state index contributed by atoms with van der Waals surface area (Å²) < 4.78 is 0. The molecule has 0 atom stereocenters. The summed E-state index contributed by atoms with van der Waals surface area (Å²) in [4.78, 5) is 11.9. The first-order chi connectivity index (χ1) is 7.20. The van der Waals surface area contributed by atoms with Gasteiger partial charge in [0.25, 0.3) is 0 Å². The molecule has 76 valence electrons. The van der Waals surface area contributed by atoms with Crippen LogP contribution >= 0.6 is 11.6 Å². The Morgan fingerprint density at radius 3 is 2.87 bits per heavy atom. The van der Waals surface area contributed by atoms with E-state index in [9.17, 15) is 0 Å². The van der Waals surface area contributed by atoms with Crippen LogP contribution in [0.2, 0.25) is 5.02 Å². The van der Waals surface area contributed by atoms with Crippen LogP contribution in [0, 0.1) is 6.92 Å². The fraction of sp³-hybridized carbons (Fsp3) is 0.100. The fourth-order valence-corrected chi connectivity index (χ4v) is 1.51. The smallest absolute Gasteiger partial charge is 0.146 e. The molecule has 0 aliphatic carbocycles. The number of nitrogens with zero attached hydrogens (tertiary/aromatic N) is 3. The summed E-state index contributed by atoms with van der Waals surface area (Å²) in [7, 11) is 0. The van der Waals surface area contributed by atoms with Gasteiger partial charge in [0.1, 0.15) is 17.2 Å². The van der Waals surface area contributed by atoms with Gasteiger partial charge in [-0.25, -0.2) is 9.97 Å². The van der Waals surface area contributed by atoms with Gasteiger partial charge in [-0.15, -0.1) is 0 Å². The quantitative estimate of drug-likeness (QED) is 0.799. The van der Waals surface area contributed by atoms with Crippen LogP contribution in [0.15, 0.2) is 24.8 Å². The number of halogens is 1. The van der Waals surface area contributed by atoms with Gasteiger partial charge in [0, 0.05) is 18.0 Å². The molecule has 0 fully saturated rings. The lowest BCUT2D eigenvalue weighted by atomic mass is 10.1. The molecule has 5 heteroatoms. The van der Waals surface area contributed by atoms with E-state index in [0.717, 1.165) is 11.1 Å². The number of hydrogen-bond donors (Lipinski definition) is 1. The van der Waals surface area contributed by atoms with Crippen LogP contribution < -0.4 is 5.73 Å². The summed E-state index contributed by atoms with van der Waals surface area (Å²) in [5.74, 6) is 0.290. The maximum atomic E-state index is 6.03. The highest BCUT2D eigenvalue weighted by Crippen LogP contribution is 2.29. The number of aryl methyl sites for hydroxylation is 1. The first-order valence-corrected chi connectivity index (χ1v) is 4.75. The van der Waals surface area contributed by atoms with Crippen LogP contribution in [0.25, 0.3) is 11.3 Å². The number of nitrogen functional groups attached to an aromatic ring is 1. The zero-order valence-corrected chi connectivity index (χ0v) is 8.86. The monoisotopic (exact) mass is 220 g/mol. The van der Waals surface area contributed by atoms with Gasteiger partial charge >= 0.3 is 0 Å². The molecule has 4 nitrogen and oxygen atoms in total. The summed E-state index contributed by atoms with van der Waals surface area (Å²) >= 11 is 6.03. The van der Waals surface area contributed by atoms with Gasteiger partial charge < -0.3 is 5.73 Å². The normalized spacial score (nSPS) is 10.3. The van der Waals surface area contributed by atoms with Gasteiger partial charge in [0.2, 0.25) is 0 Å². The summed E-state index contributed by atoms with van der Waals surface area (Å²) in [6.07, 6.45) is 4.84. The Morgan fingerprint density at radius 2 is 2.13 bits per heavy atom. The largest absolute Gasteiger partial charge is 0.382 e. The number of hydrogen-bond acceptors (Lipinski definition) is 4. The molecule has 2 aromatic heterocycles. The molecule has 2 N–H and O–H groups in total. The van der Waals surface area contributed by atoms with Crippen molar-refractivity contribution < 1.29 is 0 Å². The predicted octanol–water partition coefficient (Wildman–Crippen LogP) is 2.08. The van der Waals surface area contributed by atoms with Gasteiger partial charge in [-0.05, 0) is 18.6 Å². The SMILES string of the molecule is Cc1cnccc1-c1ncnc(N)c1Cl. The first kappa shape index (κ1) is 9.86. The topological polar surface area (TPSA) is 64.7 Å². The van der Waals surface area contributed by atoms with Gasteiger partial charge in [0.15, 0.2) is 0 Å². The lowest BCUT2D eigenvalue weighted by Gasteiger charge is -2.06. The molecular formula is C10H9ClN4. The standard InChI is InChI=1S/C10H9ClN4/c1-6-4-13-3-2-7(6)9-8(11)10(12)15-5-14-9/h2-5H,1H3,(H2,12,14,15). The summed E-state index contributed by atoms with van der Waals surface area (Å²) in [5.41, 5.74) is 8.17. The molecule has 0 saturated carbocycles. The summed E-state index contributed by atoms with van der Waals surface area (Å²) in [6, 6.07) is 1.85. The molecule has 15 heavy (non-hydrogen) atoms. The van der Waals surface area contributed by atoms with E-state index >= 15 is 0 Å². The third-order valence-electron chi connectivity index (χ3n) is 2.09. The van der Waals surface area contributed by atoms with Crippen molar-refractivity contribution in [3.8, 4) is 11.3 Å².